The van der Waals surface area contributed by atoms with Crippen LogP contribution in [0, 0.1) is 11.8 Å². The molecule has 1 N–H and O–H groups in total. The number of rotatable bonds is 3. The van der Waals surface area contributed by atoms with Gasteiger partial charge in [-0.1, -0.05) is 6.42 Å². The van der Waals surface area contributed by atoms with Gasteiger partial charge >= 0.3 is 0 Å². The Labute approximate surface area is 117 Å². The van der Waals surface area contributed by atoms with Gasteiger partial charge in [-0.25, -0.2) is 0 Å². The van der Waals surface area contributed by atoms with Gasteiger partial charge in [0, 0.05) is 21.9 Å². The zero-order valence-corrected chi connectivity index (χ0v) is 13.0. The smallest absolute Gasteiger partial charge is 0.0843 e. The molecule has 1 nitrogen and oxygen atoms in total. The Balaban J connectivity index is 1.57. The van der Waals surface area contributed by atoms with E-state index in [1.165, 1.54) is 38.8 Å². The summed E-state index contributed by atoms with van der Waals surface area (Å²) in [5.41, 5.74) is 0. The molecule has 1 heterocycles. The summed E-state index contributed by atoms with van der Waals surface area (Å²) in [7, 11) is 0. The molecule has 0 amide bonds. The van der Waals surface area contributed by atoms with E-state index >= 15 is 0 Å². The second kappa shape index (κ2) is 4.71. The van der Waals surface area contributed by atoms with Crippen molar-refractivity contribution >= 4 is 43.2 Å². The molecule has 3 unspecified atom stereocenters. The van der Waals surface area contributed by atoms with Crippen molar-refractivity contribution in [3.8, 4) is 0 Å². The molecule has 16 heavy (non-hydrogen) atoms. The Kier molecular flexibility index (Phi) is 3.44. The lowest BCUT2D eigenvalue weighted by Crippen LogP contribution is -2.33. The van der Waals surface area contributed by atoms with Crippen molar-refractivity contribution in [3.05, 3.63) is 19.2 Å². The number of fused-ring (bicyclic) bond motifs is 2. The zero-order valence-electron chi connectivity index (χ0n) is 9.01. The van der Waals surface area contributed by atoms with Crippen LogP contribution in [0.5, 0.6) is 0 Å². The topological polar surface area (TPSA) is 12.0 Å². The maximum absolute atomic E-state index is 3.74. The molecule has 1 aromatic rings. The molecule has 3 atom stereocenters. The first kappa shape index (κ1) is 11.7. The SMILES string of the molecule is Brc1cc(CNC2CC3CCC2C3)sc1Br. The largest absolute Gasteiger partial charge is 0.309 e. The van der Waals surface area contributed by atoms with Gasteiger partial charge < -0.3 is 5.32 Å². The summed E-state index contributed by atoms with van der Waals surface area (Å²) in [6, 6.07) is 3.01. The highest BCUT2D eigenvalue weighted by Crippen LogP contribution is 2.44. The van der Waals surface area contributed by atoms with Crippen LogP contribution < -0.4 is 5.32 Å². The van der Waals surface area contributed by atoms with Crippen molar-refractivity contribution in [2.24, 2.45) is 11.8 Å². The summed E-state index contributed by atoms with van der Waals surface area (Å²) in [5, 5.41) is 3.74. The Morgan fingerprint density at radius 1 is 1.31 bits per heavy atom. The van der Waals surface area contributed by atoms with Gasteiger partial charge in [0.1, 0.15) is 0 Å². The number of nitrogens with one attached hydrogen (secondary N) is 1. The summed E-state index contributed by atoms with van der Waals surface area (Å²) >= 11 is 8.91. The third-order valence-electron chi connectivity index (χ3n) is 3.97. The zero-order chi connectivity index (χ0) is 11.1. The van der Waals surface area contributed by atoms with Gasteiger partial charge in [0.2, 0.25) is 0 Å². The molecule has 4 heteroatoms. The summed E-state index contributed by atoms with van der Waals surface area (Å²) in [6.45, 7) is 1.03. The van der Waals surface area contributed by atoms with Crippen molar-refractivity contribution in [1.29, 1.82) is 0 Å². The first-order chi connectivity index (χ1) is 7.72. The van der Waals surface area contributed by atoms with Gasteiger partial charge in [0.25, 0.3) is 0 Å². The van der Waals surface area contributed by atoms with Crippen LogP contribution in [0.15, 0.2) is 14.3 Å². The fourth-order valence-corrected chi connectivity index (χ4v) is 5.33. The van der Waals surface area contributed by atoms with Crippen LogP contribution in [0.4, 0.5) is 0 Å². The molecule has 2 aliphatic rings. The number of hydrogen-bond donors (Lipinski definition) is 1. The Bertz CT molecular complexity index is 371. The van der Waals surface area contributed by atoms with Crippen LogP contribution in [0.2, 0.25) is 0 Å². The molecule has 1 aromatic heterocycles. The highest BCUT2D eigenvalue weighted by atomic mass is 79.9. The summed E-state index contributed by atoms with van der Waals surface area (Å²) in [5.74, 6) is 2.00. The third kappa shape index (κ3) is 2.26. The molecule has 0 radical (unpaired) electrons. The lowest BCUT2D eigenvalue weighted by Gasteiger charge is -2.22. The molecule has 2 bridgehead atoms. The monoisotopic (exact) mass is 363 g/mol. The molecular weight excluding hydrogens is 350 g/mol. The van der Waals surface area contributed by atoms with Crippen LogP contribution in [0.3, 0.4) is 0 Å². The molecule has 3 rings (SSSR count). The molecule has 2 saturated carbocycles. The normalized spacial score (nSPS) is 32.5. The maximum Gasteiger partial charge on any atom is 0.0843 e. The van der Waals surface area contributed by atoms with E-state index in [0.29, 0.717) is 0 Å². The summed E-state index contributed by atoms with van der Waals surface area (Å²) < 4.78 is 2.39. The molecule has 2 fully saturated rings. The molecule has 0 spiro atoms. The predicted octanol–water partition coefficient (Wildman–Crippen LogP) is 4.55. The number of halogens is 2. The lowest BCUT2D eigenvalue weighted by molar-refractivity contribution is 0.351. The molecule has 0 aliphatic heterocycles. The molecule has 2 aliphatic carbocycles. The van der Waals surface area contributed by atoms with Gasteiger partial charge in [0.05, 0.1) is 3.79 Å². The Morgan fingerprint density at radius 3 is 2.75 bits per heavy atom. The van der Waals surface area contributed by atoms with Crippen molar-refractivity contribution in [2.75, 3.05) is 0 Å². The van der Waals surface area contributed by atoms with Gasteiger partial charge in [-0.3, -0.25) is 0 Å². The van der Waals surface area contributed by atoms with Gasteiger partial charge in [-0.15, -0.1) is 11.3 Å². The fourth-order valence-electron chi connectivity index (χ4n) is 3.20. The van der Waals surface area contributed by atoms with E-state index in [4.69, 9.17) is 0 Å². The van der Waals surface area contributed by atoms with E-state index in [-0.39, 0.29) is 0 Å². The lowest BCUT2D eigenvalue weighted by atomic mass is 9.95. The van der Waals surface area contributed by atoms with Gasteiger partial charge in [-0.05, 0) is 69.0 Å². The highest BCUT2D eigenvalue weighted by Gasteiger charge is 2.38. The second-order valence-corrected chi connectivity index (χ2v) is 8.31. The molecule has 0 saturated heterocycles. The van der Waals surface area contributed by atoms with Crippen molar-refractivity contribution in [2.45, 2.75) is 38.3 Å². The molecule has 0 aromatic carbocycles. The van der Waals surface area contributed by atoms with Crippen molar-refractivity contribution in [1.82, 2.24) is 5.32 Å². The van der Waals surface area contributed by atoms with Crippen LogP contribution >= 0.6 is 43.2 Å². The Morgan fingerprint density at radius 2 is 2.19 bits per heavy atom. The number of thiophene rings is 1. The average Bonchev–Trinajstić information content (AvgIpc) is 2.92. The van der Waals surface area contributed by atoms with Crippen molar-refractivity contribution < 1.29 is 0 Å². The Hall–Kier alpha value is 0.620. The minimum absolute atomic E-state index is 0.790. The van der Waals surface area contributed by atoms with E-state index in [9.17, 15) is 0 Å². The van der Waals surface area contributed by atoms with Crippen molar-refractivity contribution in [3.63, 3.8) is 0 Å². The molecule has 88 valence electrons. The fraction of sp³-hybridized carbons (Fsp3) is 0.667. The van der Waals surface area contributed by atoms with Gasteiger partial charge in [-0.2, -0.15) is 0 Å². The van der Waals surface area contributed by atoms with E-state index in [0.717, 1.165) is 24.4 Å². The van der Waals surface area contributed by atoms with Crippen LogP contribution in [0.1, 0.15) is 30.6 Å². The van der Waals surface area contributed by atoms with Gasteiger partial charge in [0.15, 0.2) is 0 Å². The van der Waals surface area contributed by atoms with E-state index < -0.39 is 0 Å². The first-order valence-corrected chi connectivity index (χ1v) is 8.29. The second-order valence-electron chi connectivity index (χ2n) is 5.00. The average molecular weight is 365 g/mol. The minimum atomic E-state index is 0.790. The predicted molar refractivity (Wildman–Crippen MR) is 75.8 cm³/mol. The first-order valence-electron chi connectivity index (χ1n) is 5.89. The highest BCUT2D eigenvalue weighted by molar-refractivity contribution is 9.13. The minimum Gasteiger partial charge on any atom is -0.309 e. The quantitative estimate of drug-likeness (QED) is 0.829. The van der Waals surface area contributed by atoms with E-state index in [2.05, 4.69) is 43.2 Å². The third-order valence-corrected chi connectivity index (χ3v) is 7.23. The van der Waals surface area contributed by atoms with Crippen LogP contribution in [-0.4, -0.2) is 6.04 Å². The van der Waals surface area contributed by atoms with E-state index in [1.54, 1.807) is 0 Å². The summed E-state index contributed by atoms with van der Waals surface area (Å²) in [4.78, 5) is 1.42. The number of hydrogen-bond acceptors (Lipinski definition) is 2. The summed E-state index contributed by atoms with van der Waals surface area (Å²) in [6.07, 6.45) is 5.84. The van der Waals surface area contributed by atoms with Crippen LogP contribution in [0.25, 0.3) is 0 Å². The van der Waals surface area contributed by atoms with E-state index in [1.807, 2.05) is 11.3 Å². The molecular formula is C12H15Br2NS. The standard InChI is InChI=1S/C12H15Br2NS/c13-10-5-9(16-12(10)14)6-15-11-4-7-1-2-8(11)3-7/h5,7-8,11,15H,1-4,6H2. The van der Waals surface area contributed by atoms with Crippen LogP contribution in [-0.2, 0) is 6.54 Å². The maximum atomic E-state index is 3.74.